The van der Waals surface area contributed by atoms with Gasteiger partial charge in [0, 0.05) is 6.07 Å². The van der Waals surface area contributed by atoms with Gasteiger partial charge in [0.15, 0.2) is 11.5 Å². The fourth-order valence-corrected chi connectivity index (χ4v) is 1.73. The predicted molar refractivity (Wildman–Crippen MR) is 75.2 cm³/mol. The van der Waals surface area contributed by atoms with Gasteiger partial charge in [-0.1, -0.05) is 29.8 Å². The standard InChI is InChI=1S/C15H15NO4/c1-11-3-5-12(6-4-11)10-20-14-8-7-13(16(17)18)9-15(14)19-2/h3-9H,10H2,1-2H3. The average Bonchev–Trinajstić information content (AvgIpc) is 2.46. The molecule has 0 amide bonds. The molecule has 2 aromatic carbocycles. The number of hydrogen-bond acceptors (Lipinski definition) is 4. The van der Waals surface area contributed by atoms with E-state index in [0.717, 1.165) is 5.56 Å². The lowest BCUT2D eigenvalue weighted by Gasteiger charge is -2.10. The summed E-state index contributed by atoms with van der Waals surface area (Å²) in [4.78, 5) is 10.2. The maximum Gasteiger partial charge on any atom is 0.273 e. The maximum absolute atomic E-state index is 10.7. The zero-order chi connectivity index (χ0) is 14.5. The van der Waals surface area contributed by atoms with E-state index in [1.807, 2.05) is 31.2 Å². The molecule has 104 valence electrons. The van der Waals surface area contributed by atoms with Crippen LogP contribution >= 0.6 is 0 Å². The third kappa shape index (κ3) is 3.26. The van der Waals surface area contributed by atoms with E-state index in [1.54, 1.807) is 6.07 Å². The maximum atomic E-state index is 10.7. The summed E-state index contributed by atoms with van der Waals surface area (Å²) < 4.78 is 10.8. The molecule has 0 heterocycles. The van der Waals surface area contributed by atoms with Crippen molar-refractivity contribution in [3.63, 3.8) is 0 Å². The van der Waals surface area contributed by atoms with Crippen molar-refractivity contribution in [2.75, 3.05) is 7.11 Å². The lowest BCUT2D eigenvalue weighted by atomic mass is 10.2. The Kier molecular flexibility index (Phi) is 4.20. The minimum atomic E-state index is -0.466. The van der Waals surface area contributed by atoms with Crippen molar-refractivity contribution in [3.05, 3.63) is 63.7 Å². The molecule has 0 spiro atoms. The summed E-state index contributed by atoms with van der Waals surface area (Å²) >= 11 is 0. The Balaban J connectivity index is 2.12. The molecule has 0 saturated heterocycles. The second-order valence-corrected chi connectivity index (χ2v) is 4.37. The highest BCUT2D eigenvalue weighted by Crippen LogP contribution is 2.31. The van der Waals surface area contributed by atoms with Gasteiger partial charge in [0.05, 0.1) is 18.1 Å². The van der Waals surface area contributed by atoms with Crippen molar-refractivity contribution < 1.29 is 14.4 Å². The first-order valence-corrected chi connectivity index (χ1v) is 6.11. The molecule has 0 atom stereocenters. The molecule has 0 saturated carbocycles. The molecule has 2 aromatic rings. The molecular weight excluding hydrogens is 258 g/mol. The topological polar surface area (TPSA) is 61.6 Å². The molecule has 0 bridgehead atoms. The summed E-state index contributed by atoms with van der Waals surface area (Å²) in [5.41, 5.74) is 2.18. The zero-order valence-electron chi connectivity index (χ0n) is 11.3. The molecule has 20 heavy (non-hydrogen) atoms. The largest absolute Gasteiger partial charge is 0.493 e. The van der Waals surface area contributed by atoms with Crippen LogP contribution in [-0.4, -0.2) is 12.0 Å². The Bertz CT molecular complexity index is 608. The van der Waals surface area contributed by atoms with Crippen molar-refractivity contribution in [2.45, 2.75) is 13.5 Å². The minimum Gasteiger partial charge on any atom is -0.493 e. The van der Waals surface area contributed by atoms with Gasteiger partial charge in [-0.3, -0.25) is 10.1 Å². The SMILES string of the molecule is COc1cc([N+](=O)[O-])ccc1OCc1ccc(C)cc1. The number of benzene rings is 2. The van der Waals surface area contributed by atoms with Gasteiger partial charge in [-0.05, 0) is 18.6 Å². The summed E-state index contributed by atoms with van der Waals surface area (Å²) in [5.74, 6) is 0.838. The molecule has 0 aromatic heterocycles. The molecular formula is C15H15NO4. The van der Waals surface area contributed by atoms with Crippen LogP contribution < -0.4 is 9.47 Å². The summed E-state index contributed by atoms with van der Waals surface area (Å²) in [6.07, 6.45) is 0. The molecule has 0 aliphatic heterocycles. The minimum absolute atomic E-state index is 0.0236. The van der Waals surface area contributed by atoms with E-state index < -0.39 is 4.92 Å². The molecule has 0 aliphatic carbocycles. The molecule has 0 unspecified atom stereocenters. The predicted octanol–water partition coefficient (Wildman–Crippen LogP) is 3.49. The summed E-state index contributed by atoms with van der Waals surface area (Å²) in [5, 5.41) is 10.7. The fourth-order valence-electron chi connectivity index (χ4n) is 1.73. The number of nitro benzene ring substituents is 1. The van der Waals surface area contributed by atoms with Crippen LogP contribution in [0.3, 0.4) is 0 Å². The van der Waals surface area contributed by atoms with Gasteiger partial charge in [0.25, 0.3) is 5.69 Å². The van der Waals surface area contributed by atoms with Crippen LogP contribution in [0.25, 0.3) is 0 Å². The van der Waals surface area contributed by atoms with Crippen molar-refractivity contribution >= 4 is 5.69 Å². The van der Waals surface area contributed by atoms with Gasteiger partial charge in [-0.2, -0.15) is 0 Å². The first-order chi connectivity index (χ1) is 9.60. The second-order valence-electron chi connectivity index (χ2n) is 4.37. The third-order valence-electron chi connectivity index (χ3n) is 2.87. The van der Waals surface area contributed by atoms with Crippen LogP contribution in [0.2, 0.25) is 0 Å². The Morgan fingerprint density at radius 1 is 1.10 bits per heavy atom. The summed E-state index contributed by atoms with van der Waals surface area (Å²) in [6, 6.07) is 12.3. The number of hydrogen-bond donors (Lipinski definition) is 0. The summed E-state index contributed by atoms with van der Waals surface area (Å²) in [7, 11) is 1.46. The van der Waals surface area contributed by atoms with Crippen LogP contribution in [0.15, 0.2) is 42.5 Å². The van der Waals surface area contributed by atoms with Gasteiger partial charge in [-0.25, -0.2) is 0 Å². The molecule has 5 heteroatoms. The Hall–Kier alpha value is -2.56. The van der Waals surface area contributed by atoms with Gasteiger partial charge < -0.3 is 9.47 Å². The van der Waals surface area contributed by atoms with E-state index in [2.05, 4.69) is 0 Å². The third-order valence-corrected chi connectivity index (χ3v) is 2.87. The molecule has 0 radical (unpaired) electrons. The van der Waals surface area contributed by atoms with E-state index in [0.29, 0.717) is 18.1 Å². The highest BCUT2D eigenvalue weighted by molar-refractivity contribution is 5.48. The Morgan fingerprint density at radius 3 is 2.40 bits per heavy atom. The average molecular weight is 273 g/mol. The van der Waals surface area contributed by atoms with Crippen LogP contribution in [0.5, 0.6) is 11.5 Å². The highest BCUT2D eigenvalue weighted by atomic mass is 16.6. The number of aryl methyl sites for hydroxylation is 1. The van der Waals surface area contributed by atoms with Crippen molar-refractivity contribution in [1.29, 1.82) is 0 Å². The van der Waals surface area contributed by atoms with Gasteiger partial charge in [0.2, 0.25) is 0 Å². The molecule has 0 fully saturated rings. The first-order valence-electron chi connectivity index (χ1n) is 6.11. The van der Waals surface area contributed by atoms with Crippen molar-refractivity contribution in [2.24, 2.45) is 0 Å². The van der Waals surface area contributed by atoms with Crippen LogP contribution in [0.4, 0.5) is 5.69 Å². The van der Waals surface area contributed by atoms with E-state index in [4.69, 9.17) is 9.47 Å². The van der Waals surface area contributed by atoms with E-state index >= 15 is 0 Å². The number of ether oxygens (including phenoxy) is 2. The van der Waals surface area contributed by atoms with E-state index in [9.17, 15) is 10.1 Å². The normalized spacial score (nSPS) is 10.1. The van der Waals surface area contributed by atoms with E-state index in [1.165, 1.54) is 24.8 Å². The van der Waals surface area contributed by atoms with Gasteiger partial charge in [-0.15, -0.1) is 0 Å². The lowest BCUT2D eigenvalue weighted by Crippen LogP contribution is -1.98. The number of methoxy groups -OCH3 is 1. The second kappa shape index (κ2) is 6.06. The number of non-ortho nitro benzene ring substituents is 1. The fraction of sp³-hybridized carbons (Fsp3) is 0.200. The molecule has 5 nitrogen and oxygen atoms in total. The van der Waals surface area contributed by atoms with Crippen LogP contribution in [-0.2, 0) is 6.61 Å². The Labute approximate surface area is 116 Å². The number of nitro groups is 1. The molecule has 0 aliphatic rings. The van der Waals surface area contributed by atoms with Gasteiger partial charge in [0.1, 0.15) is 6.61 Å². The zero-order valence-corrected chi connectivity index (χ0v) is 11.3. The molecule has 2 rings (SSSR count). The molecule has 0 N–H and O–H groups in total. The van der Waals surface area contributed by atoms with Gasteiger partial charge >= 0.3 is 0 Å². The van der Waals surface area contributed by atoms with Crippen LogP contribution in [0.1, 0.15) is 11.1 Å². The van der Waals surface area contributed by atoms with Crippen molar-refractivity contribution in [3.8, 4) is 11.5 Å². The monoisotopic (exact) mass is 273 g/mol. The van der Waals surface area contributed by atoms with Crippen LogP contribution in [0, 0.1) is 17.0 Å². The first kappa shape index (κ1) is 13.9. The highest BCUT2D eigenvalue weighted by Gasteiger charge is 2.12. The number of rotatable bonds is 5. The van der Waals surface area contributed by atoms with Crippen molar-refractivity contribution in [1.82, 2.24) is 0 Å². The Morgan fingerprint density at radius 2 is 1.80 bits per heavy atom. The van der Waals surface area contributed by atoms with E-state index in [-0.39, 0.29) is 5.69 Å². The quantitative estimate of drug-likeness (QED) is 0.618. The summed E-state index contributed by atoms with van der Waals surface area (Å²) in [6.45, 7) is 2.40. The lowest BCUT2D eigenvalue weighted by molar-refractivity contribution is -0.385. The number of nitrogens with zero attached hydrogens (tertiary/aromatic N) is 1. The smallest absolute Gasteiger partial charge is 0.273 e.